The standard InChI is InChI=1S/C19H19FN2O2/c1-22(12-13-7-8-18(24-2)16(20)9-13)19(23)10-14-11-21-17-6-4-3-5-15(14)17/h3-9,11,21H,10,12H2,1-2H3. The molecule has 1 amide bonds. The number of carbonyl (C=O) groups is 1. The average Bonchev–Trinajstić information content (AvgIpc) is 2.98. The Kier molecular flexibility index (Phi) is 4.51. The van der Waals surface area contributed by atoms with Gasteiger partial charge in [-0.15, -0.1) is 0 Å². The summed E-state index contributed by atoms with van der Waals surface area (Å²) in [7, 11) is 3.15. The number of hydrogen-bond donors (Lipinski definition) is 1. The number of H-pyrrole nitrogens is 1. The lowest BCUT2D eigenvalue weighted by Gasteiger charge is -2.17. The molecule has 3 aromatic rings. The van der Waals surface area contributed by atoms with Crippen LogP contribution >= 0.6 is 0 Å². The SMILES string of the molecule is COc1ccc(CN(C)C(=O)Cc2c[nH]c3ccccc23)cc1F. The highest BCUT2D eigenvalue weighted by Crippen LogP contribution is 2.20. The Balaban J connectivity index is 1.69. The molecule has 4 nitrogen and oxygen atoms in total. The lowest BCUT2D eigenvalue weighted by atomic mass is 10.1. The van der Waals surface area contributed by atoms with Gasteiger partial charge in [-0.2, -0.15) is 0 Å². The predicted octanol–water partition coefficient (Wildman–Crippen LogP) is 3.52. The van der Waals surface area contributed by atoms with Crippen molar-refractivity contribution in [2.75, 3.05) is 14.2 Å². The number of methoxy groups -OCH3 is 1. The van der Waals surface area contributed by atoms with Crippen molar-refractivity contribution in [2.24, 2.45) is 0 Å². The van der Waals surface area contributed by atoms with Gasteiger partial charge in [0.1, 0.15) is 0 Å². The third-order valence-corrected chi connectivity index (χ3v) is 4.08. The van der Waals surface area contributed by atoms with E-state index in [0.29, 0.717) is 13.0 Å². The number of rotatable bonds is 5. The number of nitrogens with one attached hydrogen (secondary N) is 1. The summed E-state index contributed by atoms with van der Waals surface area (Å²) in [5.74, 6) is -0.241. The minimum absolute atomic E-state index is 0.0176. The van der Waals surface area contributed by atoms with Gasteiger partial charge in [-0.05, 0) is 29.3 Å². The van der Waals surface area contributed by atoms with E-state index >= 15 is 0 Å². The van der Waals surface area contributed by atoms with E-state index in [1.54, 1.807) is 24.1 Å². The Morgan fingerprint density at radius 3 is 2.79 bits per heavy atom. The van der Waals surface area contributed by atoms with E-state index in [4.69, 9.17) is 4.74 Å². The number of aromatic amines is 1. The summed E-state index contributed by atoms with van der Waals surface area (Å²) in [6.07, 6.45) is 2.17. The summed E-state index contributed by atoms with van der Waals surface area (Å²) in [6, 6.07) is 12.6. The van der Waals surface area contributed by atoms with Crippen molar-refractivity contribution in [3.05, 3.63) is 65.6 Å². The van der Waals surface area contributed by atoms with Crippen LogP contribution in [0.1, 0.15) is 11.1 Å². The number of benzene rings is 2. The molecule has 0 aliphatic heterocycles. The number of para-hydroxylation sites is 1. The van der Waals surface area contributed by atoms with Crippen molar-refractivity contribution in [3.8, 4) is 5.75 Å². The maximum atomic E-state index is 13.7. The van der Waals surface area contributed by atoms with Crippen molar-refractivity contribution in [1.29, 1.82) is 0 Å². The summed E-state index contributed by atoms with van der Waals surface area (Å²) in [4.78, 5) is 17.2. The molecule has 0 spiro atoms. The molecule has 24 heavy (non-hydrogen) atoms. The van der Waals surface area contributed by atoms with Gasteiger partial charge in [0.25, 0.3) is 0 Å². The molecular weight excluding hydrogens is 307 g/mol. The van der Waals surface area contributed by atoms with Crippen LogP contribution in [0.3, 0.4) is 0 Å². The molecule has 0 unspecified atom stereocenters. The zero-order valence-electron chi connectivity index (χ0n) is 13.7. The van der Waals surface area contributed by atoms with E-state index in [9.17, 15) is 9.18 Å². The molecule has 0 saturated carbocycles. The molecule has 124 valence electrons. The first kappa shape index (κ1) is 16.1. The predicted molar refractivity (Wildman–Crippen MR) is 91.4 cm³/mol. The highest BCUT2D eigenvalue weighted by Gasteiger charge is 2.14. The molecule has 2 aromatic carbocycles. The zero-order chi connectivity index (χ0) is 17.1. The highest BCUT2D eigenvalue weighted by molar-refractivity contribution is 5.88. The number of carbonyl (C=O) groups excluding carboxylic acids is 1. The Hall–Kier alpha value is -2.82. The second-order valence-corrected chi connectivity index (χ2v) is 5.75. The van der Waals surface area contributed by atoms with Crippen LogP contribution in [0.2, 0.25) is 0 Å². The van der Waals surface area contributed by atoms with E-state index in [1.807, 2.05) is 30.5 Å². The number of aromatic nitrogens is 1. The maximum Gasteiger partial charge on any atom is 0.227 e. The molecule has 0 aliphatic carbocycles. The second kappa shape index (κ2) is 6.74. The van der Waals surface area contributed by atoms with Crippen LogP contribution in [0.5, 0.6) is 5.75 Å². The number of likely N-dealkylation sites (N-methyl/N-ethyl adjacent to an activating group) is 1. The zero-order valence-corrected chi connectivity index (χ0v) is 13.7. The molecule has 5 heteroatoms. The number of halogens is 1. The Labute approximate surface area is 139 Å². The van der Waals surface area contributed by atoms with E-state index in [2.05, 4.69) is 4.98 Å². The largest absolute Gasteiger partial charge is 0.494 e. The van der Waals surface area contributed by atoms with Crippen LogP contribution in [-0.4, -0.2) is 29.9 Å². The monoisotopic (exact) mass is 326 g/mol. The van der Waals surface area contributed by atoms with Gasteiger partial charge in [-0.25, -0.2) is 4.39 Å². The van der Waals surface area contributed by atoms with Gasteiger partial charge in [0.2, 0.25) is 5.91 Å². The molecule has 3 rings (SSSR count). The quantitative estimate of drug-likeness (QED) is 0.780. The number of hydrogen-bond acceptors (Lipinski definition) is 2. The third kappa shape index (κ3) is 3.25. The van der Waals surface area contributed by atoms with E-state index in [1.165, 1.54) is 13.2 Å². The topological polar surface area (TPSA) is 45.3 Å². The van der Waals surface area contributed by atoms with E-state index in [0.717, 1.165) is 22.0 Å². The molecular formula is C19H19FN2O2. The summed E-state index contributed by atoms with van der Waals surface area (Å²) in [5, 5.41) is 1.05. The van der Waals surface area contributed by atoms with Crippen molar-refractivity contribution in [1.82, 2.24) is 9.88 Å². The Bertz CT molecular complexity index is 873. The summed E-state index contributed by atoms with van der Waals surface area (Å²) < 4.78 is 18.7. The van der Waals surface area contributed by atoms with Crippen molar-refractivity contribution >= 4 is 16.8 Å². The van der Waals surface area contributed by atoms with Crippen molar-refractivity contribution in [2.45, 2.75) is 13.0 Å². The van der Waals surface area contributed by atoms with Crippen LogP contribution in [0, 0.1) is 5.82 Å². The first-order chi connectivity index (χ1) is 11.6. The number of amides is 1. The first-order valence-electron chi connectivity index (χ1n) is 7.70. The lowest BCUT2D eigenvalue weighted by Crippen LogP contribution is -2.27. The molecule has 1 heterocycles. The fourth-order valence-corrected chi connectivity index (χ4v) is 2.75. The summed E-state index contributed by atoms with van der Waals surface area (Å²) in [6.45, 7) is 0.349. The van der Waals surface area contributed by atoms with Crippen LogP contribution in [0.25, 0.3) is 10.9 Å². The van der Waals surface area contributed by atoms with Gasteiger partial charge >= 0.3 is 0 Å². The van der Waals surface area contributed by atoms with Crippen LogP contribution in [0.15, 0.2) is 48.7 Å². The van der Waals surface area contributed by atoms with Gasteiger partial charge in [-0.3, -0.25) is 4.79 Å². The molecule has 0 saturated heterocycles. The molecule has 1 N–H and O–H groups in total. The fraction of sp³-hybridized carbons (Fsp3) is 0.211. The molecule has 0 aliphatic rings. The maximum absolute atomic E-state index is 13.7. The second-order valence-electron chi connectivity index (χ2n) is 5.75. The smallest absolute Gasteiger partial charge is 0.227 e. The minimum Gasteiger partial charge on any atom is -0.494 e. The van der Waals surface area contributed by atoms with Gasteiger partial charge in [-0.1, -0.05) is 24.3 Å². The number of ether oxygens (including phenoxy) is 1. The highest BCUT2D eigenvalue weighted by atomic mass is 19.1. The molecule has 0 radical (unpaired) electrons. The van der Waals surface area contributed by atoms with E-state index < -0.39 is 5.82 Å². The molecule has 0 bridgehead atoms. The normalized spacial score (nSPS) is 10.8. The Morgan fingerprint density at radius 1 is 1.25 bits per heavy atom. The van der Waals surface area contributed by atoms with Crippen molar-refractivity contribution in [3.63, 3.8) is 0 Å². The van der Waals surface area contributed by atoms with E-state index in [-0.39, 0.29) is 11.7 Å². The van der Waals surface area contributed by atoms with Gasteiger partial charge in [0.05, 0.1) is 13.5 Å². The number of nitrogens with zero attached hydrogens (tertiary/aromatic N) is 1. The summed E-state index contributed by atoms with van der Waals surface area (Å²) in [5.41, 5.74) is 2.70. The minimum atomic E-state index is -0.424. The fourth-order valence-electron chi connectivity index (χ4n) is 2.75. The van der Waals surface area contributed by atoms with Crippen LogP contribution < -0.4 is 4.74 Å². The summed E-state index contributed by atoms with van der Waals surface area (Å²) >= 11 is 0. The lowest BCUT2D eigenvalue weighted by molar-refractivity contribution is -0.129. The molecule has 0 atom stereocenters. The first-order valence-corrected chi connectivity index (χ1v) is 7.70. The average molecular weight is 326 g/mol. The number of fused-ring (bicyclic) bond motifs is 1. The molecule has 0 fully saturated rings. The van der Waals surface area contributed by atoms with Crippen molar-refractivity contribution < 1.29 is 13.9 Å². The third-order valence-electron chi connectivity index (χ3n) is 4.08. The molecule has 1 aromatic heterocycles. The Morgan fingerprint density at radius 2 is 2.04 bits per heavy atom. The van der Waals surface area contributed by atoms with Crippen LogP contribution in [0.4, 0.5) is 4.39 Å². The van der Waals surface area contributed by atoms with Crippen LogP contribution in [-0.2, 0) is 17.8 Å². The van der Waals surface area contributed by atoms with Gasteiger partial charge in [0.15, 0.2) is 11.6 Å². The van der Waals surface area contributed by atoms with Gasteiger partial charge < -0.3 is 14.6 Å². The van der Waals surface area contributed by atoms with Gasteiger partial charge in [0, 0.05) is 30.7 Å².